The molecule has 1 aromatic rings. The van der Waals surface area contributed by atoms with Gasteiger partial charge in [-0.2, -0.15) is 13.2 Å². The number of alkyl halides is 3. The molecule has 168 valence electrons. The van der Waals surface area contributed by atoms with Crippen LogP contribution >= 0.6 is 11.6 Å². The molecule has 5 nitrogen and oxygen atoms in total. The number of guanidine groups is 1. The molecule has 0 aliphatic carbocycles. The summed E-state index contributed by atoms with van der Waals surface area (Å²) in [5, 5.41) is 4.18. The number of hydrogen-bond acceptors (Lipinski definition) is 3. The van der Waals surface area contributed by atoms with Gasteiger partial charge in [-0.05, 0) is 37.5 Å². The van der Waals surface area contributed by atoms with Crippen molar-refractivity contribution < 1.29 is 17.9 Å². The maximum atomic E-state index is 13.0. The highest BCUT2D eigenvalue weighted by molar-refractivity contribution is 6.30. The van der Waals surface area contributed by atoms with Gasteiger partial charge in [-0.25, -0.2) is 0 Å². The van der Waals surface area contributed by atoms with Crippen molar-refractivity contribution in [3.05, 3.63) is 34.9 Å². The number of aliphatic imine (C=N–C) groups is 1. The molecule has 0 amide bonds. The number of piperazine rings is 1. The molecule has 0 saturated carbocycles. The SMILES string of the molecule is CN=C(NCC1(c2cccc(Cl)c2)CCOCC1)N1CCN(C(C)C(F)(F)F)CC1. The van der Waals surface area contributed by atoms with Crippen molar-refractivity contribution in [2.75, 3.05) is 53.0 Å². The average Bonchev–Trinajstić information content (AvgIpc) is 2.74. The Bertz CT molecular complexity index is 729. The highest BCUT2D eigenvalue weighted by Crippen LogP contribution is 2.35. The lowest BCUT2D eigenvalue weighted by Gasteiger charge is -2.42. The number of hydrogen-bond donors (Lipinski definition) is 1. The molecular weight excluding hydrogens is 417 g/mol. The van der Waals surface area contributed by atoms with Crippen LogP contribution in [0.1, 0.15) is 25.3 Å². The highest BCUT2D eigenvalue weighted by Gasteiger charge is 2.41. The monoisotopic (exact) mass is 446 g/mol. The number of nitrogens with zero attached hydrogens (tertiary/aromatic N) is 3. The van der Waals surface area contributed by atoms with E-state index in [0.717, 1.165) is 18.8 Å². The molecule has 3 rings (SSSR count). The topological polar surface area (TPSA) is 40.1 Å². The molecular formula is C21H30ClF3N4O. The fourth-order valence-electron chi connectivity index (χ4n) is 4.26. The maximum absolute atomic E-state index is 13.0. The van der Waals surface area contributed by atoms with Gasteiger partial charge in [0.15, 0.2) is 5.96 Å². The Labute approximate surface area is 181 Å². The van der Waals surface area contributed by atoms with Gasteiger partial charge in [0.05, 0.1) is 0 Å². The molecule has 1 atom stereocenters. The van der Waals surface area contributed by atoms with E-state index in [0.29, 0.717) is 51.0 Å². The van der Waals surface area contributed by atoms with Crippen LogP contribution in [0.2, 0.25) is 5.02 Å². The van der Waals surface area contributed by atoms with Crippen LogP contribution in [0.4, 0.5) is 13.2 Å². The van der Waals surface area contributed by atoms with E-state index in [9.17, 15) is 13.2 Å². The second-order valence-electron chi connectivity index (χ2n) is 8.04. The zero-order valence-electron chi connectivity index (χ0n) is 17.5. The Hall–Kier alpha value is -1.51. The van der Waals surface area contributed by atoms with Gasteiger partial charge in [-0.1, -0.05) is 23.7 Å². The van der Waals surface area contributed by atoms with E-state index in [2.05, 4.69) is 16.4 Å². The Morgan fingerprint density at radius 1 is 1.23 bits per heavy atom. The summed E-state index contributed by atoms with van der Waals surface area (Å²) in [4.78, 5) is 7.90. The molecule has 1 N–H and O–H groups in total. The molecule has 2 fully saturated rings. The second-order valence-corrected chi connectivity index (χ2v) is 8.48. The van der Waals surface area contributed by atoms with Crippen molar-refractivity contribution in [2.45, 2.75) is 37.4 Å². The lowest BCUT2D eigenvalue weighted by atomic mass is 9.74. The van der Waals surface area contributed by atoms with Crippen molar-refractivity contribution in [2.24, 2.45) is 4.99 Å². The molecule has 2 heterocycles. The summed E-state index contributed by atoms with van der Waals surface area (Å²) in [6.07, 6.45) is -2.46. The summed E-state index contributed by atoms with van der Waals surface area (Å²) < 4.78 is 44.6. The average molecular weight is 447 g/mol. The normalized spacial score (nSPS) is 22.1. The molecule has 30 heavy (non-hydrogen) atoms. The van der Waals surface area contributed by atoms with Crippen LogP contribution in [-0.4, -0.2) is 81.0 Å². The van der Waals surface area contributed by atoms with Crippen LogP contribution in [0.5, 0.6) is 0 Å². The van der Waals surface area contributed by atoms with Crippen LogP contribution in [0, 0.1) is 0 Å². The van der Waals surface area contributed by atoms with Gasteiger partial charge < -0.3 is 15.0 Å². The van der Waals surface area contributed by atoms with Gasteiger partial charge in [-0.3, -0.25) is 9.89 Å². The largest absolute Gasteiger partial charge is 0.403 e. The number of rotatable bonds is 4. The lowest BCUT2D eigenvalue weighted by molar-refractivity contribution is -0.181. The fraction of sp³-hybridized carbons (Fsp3) is 0.667. The molecule has 0 radical (unpaired) electrons. The van der Waals surface area contributed by atoms with Crippen LogP contribution in [0.15, 0.2) is 29.3 Å². The van der Waals surface area contributed by atoms with Crippen molar-refractivity contribution in [3.63, 3.8) is 0 Å². The number of halogens is 4. The number of ether oxygens (including phenoxy) is 1. The molecule has 0 spiro atoms. The van der Waals surface area contributed by atoms with Crippen LogP contribution < -0.4 is 5.32 Å². The smallest absolute Gasteiger partial charge is 0.381 e. The number of benzene rings is 1. The van der Waals surface area contributed by atoms with E-state index < -0.39 is 12.2 Å². The first-order valence-electron chi connectivity index (χ1n) is 10.4. The molecule has 1 aromatic carbocycles. The van der Waals surface area contributed by atoms with E-state index >= 15 is 0 Å². The van der Waals surface area contributed by atoms with Crippen LogP contribution in [-0.2, 0) is 10.2 Å². The van der Waals surface area contributed by atoms with E-state index in [-0.39, 0.29) is 5.41 Å². The Balaban J connectivity index is 1.64. The van der Waals surface area contributed by atoms with Gasteiger partial charge in [0.25, 0.3) is 0 Å². The third kappa shape index (κ3) is 5.39. The summed E-state index contributed by atoms with van der Waals surface area (Å²) in [7, 11) is 1.71. The predicted octanol–water partition coefficient (Wildman–Crippen LogP) is 3.53. The first-order chi connectivity index (χ1) is 14.2. The van der Waals surface area contributed by atoms with Gasteiger partial charge in [-0.15, -0.1) is 0 Å². The quantitative estimate of drug-likeness (QED) is 0.567. The Kier molecular flexibility index (Phi) is 7.52. The molecule has 2 aliphatic heterocycles. The first-order valence-corrected chi connectivity index (χ1v) is 10.7. The molecule has 9 heteroatoms. The van der Waals surface area contributed by atoms with Crippen LogP contribution in [0.25, 0.3) is 0 Å². The van der Waals surface area contributed by atoms with Crippen molar-refractivity contribution in [1.82, 2.24) is 15.1 Å². The minimum Gasteiger partial charge on any atom is -0.381 e. The van der Waals surface area contributed by atoms with E-state index in [1.165, 1.54) is 17.4 Å². The van der Waals surface area contributed by atoms with E-state index in [4.69, 9.17) is 16.3 Å². The van der Waals surface area contributed by atoms with Crippen LogP contribution in [0.3, 0.4) is 0 Å². The number of nitrogens with one attached hydrogen (secondary N) is 1. The lowest BCUT2D eigenvalue weighted by Crippen LogP contribution is -2.57. The second kappa shape index (κ2) is 9.75. The zero-order chi connectivity index (χ0) is 21.8. The molecule has 2 saturated heterocycles. The Morgan fingerprint density at radius 2 is 1.90 bits per heavy atom. The third-order valence-electron chi connectivity index (χ3n) is 6.32. The van der Waals surface area contributed by atoms with Gasteiger partial charge in [0.2, 0.25) is 0 Å². The maximum Gasteiger partial charge on any atom is 0.403 e. The summed E-state index contributed by atoms with van der Waals surface area (Å²) >= 11 is 6.24. The minimum atomic E-state index is -4.20. The van der Waals surface area contributed by atoms with Crippen molar-refractivity contribution in [1.29, 1.82) is 0 Å². The van der Waals surface area contributed by atoms with Crippen molar-refractivity contribution >= 4 is 17.6 Å². The molecule has 0 bridgehead atoms. The van der Waals surface area contributed by atoms with E-state index in [1.54, 1.807) is 7.05 Å². The molecule has 1 unspecified atom stereocenters. The fourth-order valence-corrected chi connectivity index (χ4v) is 4.45. The Morgan fingerprint density at radius 3 is 2.47 bits per heavy atom. The van der Waals surface area contributed by atoms with Crippen molar-refractivity contribution in [3.8, 4) is 0 Å². The van der Waals surface area contributed by atoms with Gasteiger partial charge in [0, 0.05) is 63.4 Å². The van der Waals surface area contributed by atoms with E-state index in [1.807, 2.05) is 23.1 Å². The molecule has 2 aliphatic rings. The predicted molar refractivity (Wildman–Crippen MR) is 113 cm³/mol. The highest BCUT2D eigenvalue weighted by atomic mass is 35.5. The third-order valence-corrected chi connectivity index (χ3v) is 6.55. The molecule has 0 aromatic heterocycles. The summed E-state index contributed by atoms with van der Waals surface area (Å²) in [6, 6.07) is 6.51. The first kappa shape index (κ1) is 23.2. The van der Waals surface area contributed by atoms with Gasteiger partial charge in [0.1, 0.15) is 6.04 Å². The standard InChI is InChI=1S/C21H30ClF3N4O/c1-16(21(23,24)25)28-8-10-29(11-9-28)19(26-2)27-15-20(6-12-30-13-7-20)17-4-3-5-18(22)14-17/h3-5,14,16H,6-13,15H2,1-2H3,(H,26,27). The summed E-state index contributed by atoms with van der Waals surface area (Å²) in [5.74, 6) is 0.724. The minimum absolute atomic E-state index is 0.119. The summed E-state index contributed by atoms with van der Waals surface area (Å²) in [5.41, 5.74) is 1.05. The summed E-state index contributed by atoms with van der Waals surface area (Å²) in [6.45, 7) is 4.98. The zero-order valence-corrected chi connectivity index (χ0v) is 18.3. The van der Waals surface area contributed by atoms with Gasteiger partial charge >= 0.3 is 6.18 Å².